The summed E-state index contributed by atoms with van der Waals surface area (Å²) in [7, 11) is 0. The number of nitrogens with two attached hydrogens (primary N) is 1. The number of ether oxygens (including phenoxy) is 1. The van der Waals surface area contributed by atoms with Gasteiger partial charge < -0.3 is 36.6 Å². The summed E-state index contributed by atoms with van der Waals surface area (Å²) in [6.07, 6.45) is 0.583. The Labute approximate surface area is 306 Å². The van der Waals surface area contributed by atoms with E-state index in [1.54, 1.807) is 6.92 Å². The first-order chi connectivity index (χ1) is 24.7. The minimum Gasteiger partial charge on any atom is -0.370 e. The van der Waals surface area contributed by atoms with E-state index in [2.05, 4.69) is 21.3 Å². The number of amides is 5. The lowest BCUT2D eigenvalue weighted by Gasteiger charge is -2.35. The van der Waals surface area contributed by atoms with E-state index in [0.717, 1.165) is 16.7 Å². The zero-order chi connectivity index (χ0) is 38.0. The van der Waals surface area contributed by atoms with Crippen LogP contribution in [0, 0.1) is 17.3 Å². The molecule has 4 rings (SSSR count). The van der Waals surface area contributed by atoms with Crippen LogP contribution in [0.3, 0.4) is 0 Å². The molecule has 2 aliphatic rings. The highest BCUT2D eigenvalue weighted by Crippen LogP contribution is 2.29. The standard InChI is InChI=1S/C39H54N6O7/c1-24-17-32-37(50)42-29(19-26-11-13-28(14-12-26)27-9-7-6-8-10-27)20-30(46)18-25(2)35(48)43-31(21-40)36(49)41-15-16-52-23-33(47)44-34(39(3,4)5)38(51)45(32)22-24/h6-14,24-25,29,31-32,34H,15-23,40H2,1-5H3,(H,41,49)(H,42,50)(H,43,48)(H,44,47)/t24-,25+,29-,31-,32+,34-/m1/s1. The van der Waals surface area contributed by atoms with Crippen LogP contribution in [-0.2, 0) is 39.9 Å². The minimum atomic E-state index is -1.03. The summed E-state index contributed by atoms with van der Waals surface area (Å²) in [4.78, 5) is 82.0. The largest absolute Gasteiger partial charge is 0.370 e. The minimum absolute atomic E-state index is 0.00629. The van der Waals surface area contributed by atoms with Gasteiger partial charge in [0.1, 0.15) is 30.5 Å². The SMILES string of the molecule is C[C@@H]1C[C@H]2C(=O)N[C@H](Cc3ccc(-c4ccccc4)cc3)CC(=O)C[C@H](C)C(=O)N[C@H](CN)C(=O)NCCOCC(=O)N[C@@H](C(C)(C)C)C(=O)N2C1. The number of fused-ring (bicyclic) bond motifs is 1. The van der Waals surface area contributed by atoms with Gasteiger partial charge >= 0.3 is 0 Å². The Morgan fingerprint density at radius 2 is 1.50 bits per heavy atom. The van der Waals surface area contributed by atoms with Crippen molar-refractivity contribution in [2.45, 2.75) is 84.5 Å². The second-order valence-electron chi connectivity index (χ2n) is 15.2. The fourth-order valence-corrected chi connectivity index (χ4v) is 6.65. The van der Waals surface area contributed by atoms with Gasteiger partial charge in [-0.05, 0) is 40.9 Å². The first-order valence-corrected chi connectivity index (χ1v) is 18.1. The van der Waals surface area contributed by atoms with Gasteiger partial charge in [-0.25, -0.2) is 0 Å². The number of carbonyl (C=O) groups excluding carboxylic acids is 6. The van der Waals surface area contributed by atoms with Crippen LogP contribution in [0.25, 0.3) is 11.1 Å². The zero-order valence-corrected chi connectivity index (χ0v) is 30.9. The first kappa shape index (κ1) is 40.2. The fourth-order valence-electron chi connectivity index (χ4n) is 6.65. The van der Waals surface area contributed by atoms with Crippen molar-refractivity contribution in [1.82, 2.24) is 26.2 Å². The number of carbonyl (C=O) groups is 6. The molecule has 6 N–H and O–H groups in total. The summed E-state index contributed by atoms with van der Waals surface area (Å²) < 4.78 is 5.46. The lowest BCUT2D eigenvalue weighted by molar-refractivity contribution is -0.144. The van der Waals surface area contributed by atoms with Gasteiger partial charge in [0.05, 0.1) is 6.61 Å². The molecule has 0 spiro atoms. The molecule has 52 heavy (non-hydrogen) atoms. The average Bonchev–Trinajstić information content (AvgIpc) is 3.50. The van der Waals surface area contributed by atoms with Crippen LogP contribution >= 0.6 is 0 Å². The van der Waals surface area contributed by atoms with Gasteiger partial charge in [-0.3, -0.25) is 28.8 Å². The molecular formula is C39H54N6O7. The summed E-state index contributed by atoms with van der Waals surface area (Å²) >= 11 is 0. The van der Waals surface area contributed by atoms with Gasteiger partial charge in [-0.2, -0.15) is 0 Å². The van der Waals surface area contributed by atoms with Crippen molar-refractivity contribution >= 4 is 35.3 Å². The maximum Gasteiger partial charge on any atom is 0.246 e. The lowest BCUT2D eigenvalue weighted by Crippen LogP contribution is -2.58. The Hall–Kier alpha value is -4.62. The number of hydrogen-bond acceptors (Lipinski definition) is 8. The van der Waals surface area contributed by atoms with Gasteiger partial charge in [0.25, 0.3) is 0 Å². The summed E-state index contributed by atoms with van der Waals surface area (Å²) in [6, 6.07) is 14.4. The highest BCUT2D eigenvalue weighted by atomic mass is 16.5. The van der Waals surface area contributed by atoms with Crippen LogP contribution in [0.1, 0.15) is 59.4 Å². The molecule has 2 aromatic carbocycles. The third kappa shape index (κ3) is 11.2. The van der Waals surface area contributed by atoms with Crippen molar-refractivity contribution in [1.29, 1.82) is 0 Å². The monoisotopic (exact) mass is 718 g/mol. The van der Waals surface area contributed by atoms with Crippen molar-refractivity contribution in [2.75, 3.05) is 32.8 Å². The van der Waals surface area contributed by atoms with Crippen LogP contribution in [0.5, 0.6) is 0 Å². The molecule has 2 aliphatic heterocycles. The van der Waals surface area contributed by atoms with Gasteiger partial charge in [0.2, 0.25) is 29.5 Å². The van der Waals surface area contributed by atoms with Crippen LogP contribution < -0.4 is 27.0 Å². The predicted molar refractivity (Wildman–Crippen MR) is 196 cm³/mol. The summed E-state index contributed by atoms with van der Waals surface area (Å²) in [6.45, 7) is 8.92. The van der Waals surface area contributed by atoms with E-state index in [1.165, 1.54) is 4.90 Å². The van der Waals surface area contributed by atoms with E-state index in [9.17, 15) is 28.8 Å². The van der Waals surface area contributed by atoms with Crippen molar-refractivity contribution < 1.29 is 33.5 Å². The zero-order valence-electron chi connectivity index (χ0n) is 30.9. The summed E-state index contributed by atoms with van der Waals surface area (Å²) in [5, 5.41) is 11.1. The number of Topliss-reactive ketones (excluding diaryl/α,β-unsaturated/α-hetero) is 1. The van der Waals surface area contributed by atoms with E-state index in [-0.39, 0.29) is 62.7 Å². The molecule has 0 saturated carbocycles. The molecule has 2 fully saturated rings. The fraction of sp³-hybridized carbons (Fsp3) is 0.538. The first-order valence-electron chi connectivity index (χ1n) is 18.1. The quantitative estimate of drug-likeness (QED) is 0.316. The Morgan fingerprint density at radius 3 is 2.15 bits per heavy atom. The van der Waals surface area contributed by atoms with Gasteiger partial charge in [0, 0.05) is 44.4 Å². The molecule has 282 valence electrons. The number of nitrogens with zero attached hydrogens (tertiary/aromatic N) is 1. The van der Waals surface area contributed by atoms with Gasteiger partial charge in [-0.1, -0.05) is 89.2 Å². The molecule has 13 heteroatoms. The highest BCUT2D eigenvalue weighted by Gasteiger charge is 2.44. The Morgan fingerprint density at radius 1 is 0.827 bits per heavy atom. The van der Waals surface area contributed by atoms with Crippen LogP contribution in [-0.4, -0.2) is 97.2 Å². The van der Waals surface area contributed by atoms with Crippen LogP contribution in [0.4, 0.5) is 0 Å². The van der Waals surface area contributed by atoms with Crippen molar-refractivity contribution in [3.8, 4) is 11.1 Å². The third-order valence-electron chi connectivity index (χ3n) is 9.51. The van der Waals surface area contributed by atoms with Crippen LogP contribution in [0.2, 0.25) is 0 Å². The predicted octanol–water partition coefficient (Wildman–Crippen LogP) is 1.72. The molecule has 2 saturated heterocycles. The second-order valence-corrected chi connectivity index (χ2v) is 15.2. The maximum atomic E-state index is 14.1. The topological polar surface area (TPSA) is 189 Å². The van der Waals surface area contributed by atoms with E-state index < -0.39 is 53.2 Å². The van der Waals surface area contributed by atoms with E-state index in [1.807, 2.05) is 82.3 Å². The number of rotatable bonds is 4. The van der Waals surface area contributed by atoms with Crippen molar-refractivity contribution in [3.63, 3.8) is 0 Å². The number of nitrogens with one attached hydrogen (secondary N) is 4. The van der Waals surface area contributed by atoms with Gasteiger partial charge in [-0.15, -0.1) is 0 Å². The molecule has 6 atom stereocenters. The summed E-state index contributed by atoms with van der Waals surface area (Å²) in [5.41, 5.74) is 8.07. The smallest absolute Gasteiger partial charge is 0.246 e. The number of benzene rings is 2. The molecule has 0 aliphatic carbocycles. The molecule has 2 aromatic rings. The molecular weight excluding hydrogens is 664 g/mol. The molecule has 0 radical (unpaired) electrons. The molecule has 5 amide bonds. The maximum absolute atomic E-state index is 14.1. The average molecular weight is 719 g/mol. The lowest BCUT2D eigenvalue weighted by atomic mass is 9.85. The molecule has 0 bridgehead atoms. The number of hydrogen-bond donors (Lipinski definition) is 5. The normalized spacial score (nSPS) is 26.6. The highest BCUT2D eigenvalue weighted by molar-refractivity contribution is 5.94. The van der Waals surface area contributed by atoms with Crippen molar-refractivity contribution in [3.05, 3.63) is 60.2 Å². The Kier molecular flexibility index (Phi) is 14.1. The van der Waals surface area contributed by atoms with Crippen molar-refractivity contribution in [2.24, 2.45) is 23.0 Å². The van der Waals surface area contributed by atoms with Crippen LogP contribution in [0.15, 0.2) is 54.6 Å². The summed E-state index contributed by atoms with van der Waals surface area (Å²) in [5.74, 6) is -3.31. The molecule has 0 aromatic heterocycles. The molecule has 0 unspecified atom stereocenters. The third-order valence-corrected chi connectivity index (χ3v) is 9.51. The number of ketones is 1. The Balaban J connectivity index is 1.62. The van der Waals surface area contributed by atoms with Gasteiger partial charge in [0.15, 0.2) is 0 Å². The Bertz CT molecular complexity index is 1580. The molecule has 13 nitrogen and oxygen atoms in total. The molecule has 2 heterocycles. The van der Waals surface area contributed by atoms with E-state index >= 15 is 0 Å². The van der Waals surface area contributed by atoms with E-state index in [4.69, 9.17) is 10.5 Å². The second kappa shape index (κ2) is 18.2. The van der Waals surface area contributed by atoms with E-state index in [0.29, 0.717) is 19.4 Å².